The molecule has 3 rings (SSSR count). The van der Waals surface area contributed by atoms with Crippen molar-refractivity contribution in [2.75, 3.05) is 0 Å². The Balaban J connectivity index is 2.45. The molecule has 0 saturated carbocycles. The van der Waals surface area contributed by atoms with Crippen molar-refractivity contribution in [1.82, 2.24) is 0 Å². The lowest BCUT2D eigenvalue weighted by Gasteiger charge is -2.14. The second-order valence-electron chi connectivity index (χ2n) is 4.68. The van der Waals surface area contributed by atoms with Crippen LogP contribution < -0.4 is 5.36 Å². The summed E-state index contributed by atoms with van der Waals surface area (Å²) in [4.78, 5) is 6.24. The van der Waals surface area contributed by atoms with Gasteiger partial charge in [0, 0.05) is 9.41 Å². The molecule has 0 N–H and O–H groups in total. The van der Waals surface area contributed by atoms with Gasteiger partial charge in [0.1, 0.15) is 0 Å². The summed E-state index contributed by atoms with van der Waals surface area (Å²) in [6.07, 6.45) is 0. The van der Waals surface area contributed by atoms with Crippen LogP contribution in [0, 0.1) is 4.51 Å². The largest absolute Gasteiger partial charge is 0.246 e. The fraction of sp³-hybridized carbons (Fsp3) is 0.200. The maximum Gasteiger partial charge on any atom is 0.0810 e. The second-order valence-corrected chi connectivity index (χ2v) is 8.72. The lowest BCUT2D eigenvalue weighted by Crippen LogP contribution is -2.14. The van der Waals surface area contributed by atoms with E-state index in [1.54, 1.807) is 0 Å². The van der Waals surface area contributed by atoms with Gasteiger partial charge in [0.05, 0.1) is 11.0 Å². The van der Waals surface area contributed by atoms with Gasteiger partial charge in [-0.1, -0.05) is 45.8 Å². The molecule has 0 radical (unpaired) electrons. The van der Waals surface area contributed by atoms with Crippen LogP contribution in [0.5, 0.6) is 0 Å². The van der Waals surface area contributed by atoms with Crippen molar-refractivity contribution < 1.29 is 0 Å². The molecule has 1 unspecified atom stereocenters. The van der Waals surface area contributed by atoms with Crippen LogP contribution in [0.2, 0.25) is 0 Å². The summed E-state index contributed by atoms with van der Waals surface area (Å²) in [5, 5.41) is 1.20. The molecule has 0 bridgehead atoms. The maximum atomic E-state index is 4.88. The highest BCUT2D eigenvalue weighted by atomic mass is 127. The smallest absolute Gasteiger partial charge is 0.0810 e. The van der Waals surface area contributed by atoms with E-state index in [1.807, 2.05) is 0 Å². The maximum absolute atomic E-state index is 4.88. The molecule has 2 aromatic carbocycles. The van der Waals surface area contributed by atoms with Crippen molar-refractivity contribution in [2.24, 2.45) is 4.99 Å². The van der Waals surface area contributed by atoms with Gasteiger partial charge in [-0.2, -0.15) is 0 Å². The molecular formula is C15H14INS. The zero-order valence-electron chi connectivity index (χ0n) is 10.4. The lowest BCUT2D eigenvalue weighted by molar-refractivity contribution is 0.849. The van der Waals surface area contributed by atoms with Gasteiger partial charge in [-0.15, -0.1) is 0 Å². The summed E-state index contributed by atoms with van der Waals surface area (Å²) >= 11 is 2.55. The van der Waals surface area contributed by atoms with Gasteiger partial charge < -0.3 is 0 Å². The highest BCUT2D eigenvalue weighted by molar-refractivity contribution is 14.2. The highest BCUT2D eigenvalue weighted by Crippen LogP contribution is 2.44. The number of halogens is 1. The molecular weight excluding hydrogens is 353 g/mol. The van der Waals surface area contributed by atoms with Crippen LogP contribution in [-0.4, -0.2) is 0 Å². The number of benzene rings is 2. The summed E-state index contributed by atoms with van der Waals surface area (Å²) in [7, 11) is 0.109. The van der Waals surface area contributed by atoms with E-state index in [4.69, 9.17) is 4.99 Å². The Bertz CT molecular complexity index is 734. The molecule has 0 spiro atoms. The second kappa shape index (κ2) is 4.78. The minimum atomic E-state index is 0.109. The Kier molecular flexibility index (Phi) is 3.28. The van der Waals surface area contributed by atoms with Gasteiger partial charge in [-0.25, -0.2) is 4.99 Å². The monoisotopic (exact) mass is 367 g/mol. The first-order chi connectivity index (χ1) is 8.68. The Morgan fingerprint density at radius 2 is 1.83 bits per heavy atom. The predicted octanol–water partition coefficient (Wildman–Crippen LogP) is 5.00. The van der Waals surface area contributed by atoms with E-state index in [1.165, 1.54) is 20.3 Å². The van der Waals surface area contributed by atoms with Crippen molar-refractivity contribution in [2.45, 2.75) is 24.7 Å². The fourth-order valence-electron chi connectivity index (χ4n) is 2.21. The zero-order valence-corrected chi connectivity index (χ0v) is 13.3. The van der Waals surface area contributed by atoms with Gasteiger partial charge in [0.25, 0.3) is 0 Å². The summed E-state index contributed by atoms with van der Waals surface area (Å²) < 4.78 is 1.38. The average Bonchev–Trinajstić information content (AvgIpc) is 2.38. The number of nitrogens with zero attached hydrogens (tertiary/aromatic N) is 1. The topological polar surface area (TPSA) is 12.4 Å². The van der Waals surface area contributed by atoms with Crippen molar-refractivity contribution in [3.8, 4) is 0 Å². The summed E-state index contributed by atoms with van der Waals surface area (Å²) in [5.41, 5.74) is 2.49. The predicted molar refractivity (Wildman–Crippen MR) is 86.5 cm³/mol. The zero-order chi connectivity index (χ0) is 12.7. The van der Waals surface area contributed by atoms with E-state index in [2.05, 4.69) is 77.5 Å². The van der Waals surface area contributed by atoms with E-state index < -0.39 is 0 Å². The van der Waals surface area contributed by atoms with E-state index in [0.29, 0.717) is 5.92 Å². The van der Waals surface area contributed by atoms with Crippen molar-refractivity contribution in [3.63, 3.8) is 0 Å². The molecule has 0 fully saturated rings. The fourth-order valence-corrected chi connectivity index (χ4v) is 5.66. The molecule has 1 aliphatic rings. The van der Waals surface area contributed by atoms with Crippen LogP contribution in [0.25, 0.3) is 0 Å². The SMILES string of the molecule is CC(C)c1cccc2c1=Nc1ccccc1S=2I. The van der Waals surface area contributed by atoms with E-state index in [9.17, 15) is 0 Å². The lowest BCUT2D eigenvalue weighted by atomic mass is 10.0. The van der Waals surface area contributed by atoms with Crippen molar-refractivity contribution >= 4 is 34.5 Å². The van der Waals surface area contributed by atoms with Crippen LogP contribution >= 0.6 is 28.9 Å². The molecule has 18 heavy (non-hydrogen) atoms. The van der Waals surface area contributed by atoms with Crippen LogP contribution in [0.1, 0.15) is 25.3 Å². The summed E-state index contributed by atoms with van der Waals surface area (Å²) in [5.74, 6) is 0.516. The molecule has 0 amide bonds. The molecule has 1 nitrogen and oxygen atoms in total. The Hall–Kier alpha value is -0.680. The van der Waals surface area contributed by atoms with Gasteiger partial charge in [0.15, 0.2) is 0 Å². The molecule has 0 aromatic heterocycles. The number of hydrogen-bond acceptors (Lipinski definition) is 1. The third-order valence-electron chi connectivity index (χ3n) is 3.14. The number of hydrogen-bond donors (Lipinski definition) is 0. The summed E-state index contributed by atoms with van der Waals surface area (Å²) in [6.45, 7) is 4.47. The first-order valence-corrected chi connectivity index (χ1v) is 9.79. The quantitative estimate of drug-likeness (QED) is 0.497. The van der Waals surface area contributed by atoms with Crippen LogP contribution in [0.4, 0.5) is 5.69 Å². The number of rotatable bonds is 1. The van der Waals surface area contributed by atoms with E-state index in [0.717, 1.165) is 5.69 Å². The summed E-state index contributed by atoms with van der Waals surface area (Å²) in [6, 6.07) is 15.1. The Morgan fingerprint density at radius 1 is 1.06 bits per heavy atom. The molecule has 0 aliphatic carbocycles. The molecule has 0 saturated heterocycles. The number of fused-ring (bicyclic) bond motifs is 2. The minimum absolute atomic E-state index is 0.109. The first kappa shape index (κ1) is 12.4. The standard InChI is InChI=1S/C15H14INS/c1-10(2)11-6-5-9-14-15(11)17-12-7-3-4-8-13(12)18(14)16/h3-10H,1-2H3. The van der Waals surface area contributed by atoms with Gasteiger partial charge >= 0.3 is 0 Å². The Morgan fingerprint density at radius 3 is 2.61 bits per heavy atom. The van der Waals surface area contributed by atoms with Crippen molar-refractivity contribution in [1.29, 1.82) is 0 Å². The van der Waals surface area contributed by atoms with Crippen molar-refractivity contribution in [3.05, 3.63) is 57.9 Å². The van der Waals surface area contributed by atoms with E-state index in [-0.39, 0.29) is 7.66 Å². The average molecular weight is 367 g/mol. The van der Waals surface area contributed by atoms with Crippen LogP contribution in [0.15, 0.2) is 52.4 Å². The van der Waals surface area contributed by atoms with Crippen LogP contribution in [0.3, 0.4) is 0 Å². The molecule has 3 heteroatoms. The normalized spacial score (nSPS) is 17.0. The molecule has 2 aromatic rings. The van der Waals surface area contributed by atoms with Crippen LogP contribution in [-0.2, 0) is 0 Å². The van der Waals surface area contributed by atoms with Gasteiger partial charge in [0.2, 0.25) is 0 Å². The third kappa shape index (κ3) is 1.93. The molecule has 1 atom stereocenters. The molecule has 1 heterocycles. The molecule has 92 valence electrons. The minimum Gasteiger partial charge on any atom is -0.246 e. The third-order valence-corrected chi connectivity index (χ3v) is 7.43. The van der Waals surface area contributed by atoms with Gasteiger partial charge in [-0.05, 0) is 50.9 Å². The molecule has 1 aliphatic heterocycles. The highest BCUT2D eigenvalue weighted by Gasteiger charge is 2.12. The van der Waals surface area contributed by atoms with E-state index >= 15 is 0 Å². The van der Waals surface area contributed by atoms with Gasteiger partial charge in [-0.3, -0.25) is 0 Å². The first-order valence-electron chi connectivity index (χ1n) is 6.02. The Labute approximate surface area is 121 Å². The number of para-hydroxylation sites is 2.